The molecule has 0 aliphatic carbocycles. The number of aliphatic carboxylic acids is 1. The number of carbonyl (C=O) groups is 2. The zero-order valence-corrected chi connectivity index (χ0v) is 14.3. The molecule has 24 heavy (non-hydrogen) atoms. The highest BCUT2D eigenvalue weighted by Crippen LogP contribution is 2.42. The average molecular weight is 353 g/mol. The van der Waals surface area contributed by atoms with Crippen LogP contribution in [-0.4, -0.2) is 54.7 Å². The standard InChI is InChI=1S/C17H21ClN2O4/c1-11-6-13(2-3-14(11)18)19-15(21)8-20-7-12-9-24-5-4-17(12,10-20)16(22)23/h2-3,6,12H,4-5,7-10H2,1H3,(H,19,21)(H,22,23)/t12-,17+/m1/s1. The number of halogens is 1. The maximum absolute atomic E-state index is 12.3. The largest absolute Gasteiger partial charge is 0.481 e. The molecule has 2 N–H and O–H groups in total. The highest BCUT2D eigenvalue weighted by atomic mass is 35.5. The molecular formula is C17H21ClN2O4. The van der Waals surface area contributed by atoms with E-state index < -0.39 is 11.4 Å². The summed E-state index contributed by atoms with van der Waals surface area (Å²) in [5.41, 5.74) is 0.800. The maximum atomic E-state index is 12.3. The van der Waals surface area contributed by atoms with E-state index in [9.17, 15) is 14.7 Å². The molecule has 0 unspecified atom stereocenters. The molecule has 0 saturated carbocycles. The lowest BCUT2D eigenvalue weighted by molar-refractivity contribution is -0.157. The Kier molecular flexibility index (Phi) is 4.80. The number of carboxylic acids is 1. The number of nitrogens with one attached hydrogen (secondary N) is 1. The molecule has 0 radical (unpaired) electrons. The topological polar surface area (TPSA) is 78.9 Å². The van der Waals surface area contributed by atoms with Crippen LogP contribution in [0, 0.1) is 18.3 Å². The normalized spacial score (nSPS) is 26.8. The zero-order chi connectivity index (χ0) is 17.3. The summed E-state index contributed by atoms with van der Waals surface area (Å²) in [6, 6.07) is 5.31. The summed E-state index contributed by atoms with van der Waals surface area (Å²) in [6.45, 7) is 3.92. The van der Waals surface area contributed by atoms with Crippen LogP contribution in [0.2, 0.25) is 5.02 Å². The lowest BCUT2D eigenvalue weighted by atomic mass is 9.74. The fraction of sp³-hybridized carbons (Fsp3) is 0.529. The second-order valence-electron chi connectivity index (χ2n) is 6.66. The first-order valence-corrected chi connectivity index (χ1v) is 8.38. The van der Waals surface area contributed by atoms with E-state index in [4.69, 9.17) is 16.3 Å². The Labute approximate surface area is 145 Å². The van der Waals surface area contributed by atoms with Crippen molar-refractivity contribution in [3.05, 3.63) is 28.8 Å². The molecule has 2 fully saturated rings. The van der Waals surface area contributed by atoms with Gasteiger partial charge in [-0.05, 0) is 37.1 Å². The van der Waals surface area contributed by atoms with Gasteiger partial charge in [0.15, 0.2) is 0 Å². The molecule has 2 aliphatic heterocycles. The van der Waals surface area contributed by atoms with Crippen molar-refractivity contribution < 1.29 is 19.4 Å². The fourth-order valence-electron chi connectivity index (χ4n) is 3.65. The number of carboxylic acid groups (broad SMARTS) is 1. The number of fused-ring (bicyclic) bond motifs is 1. The number of anilines is 1. The Morgan fingerprint density at radius 3 is 2.96 bits per heavy atom. The van der Waals surface area contributed by atoms with Crippen LogP contribution < -0.4 is 5.32 Å². The molecule has 1 aromatic rings. The Hall–Kier alpha value is -1.63. The summed E-state index contributed by atoms with van der Waals surface area (Å²) in [5.74, 6) is -1.00. The van der Waals surface area contributed by atoms with Gasteiger partial charge in [-0.15, -0.1) is 0 Å². The van der Waals surface area contributed by atoms with Crippen LogP contribution in [0.1, 0.15) is 12.0 Å². The van der Waals surface area contributed by atoms with E-state index in [0.29, 0.717) is 43.4 Å². The number of hydrogen-bond acceptors (Lipinski definition) is 4. The molecule has 0 aromatic heterocycles. The number of ether oxygens (including phenoxy) is 1. The average Bonchev–Trinajstić information content (AvgIpc) is 2.90. The van der Waals surface area contributed by atoms with Crippen LogP contribution in [0.5, 0.6) is 0 Å². The van der Waals surface area contributed by atoms with Crippen molar-refractivity contribution in [1.29, 1.82) is 0 Å². The summed E-state index contributed by atoms with van der Waals surface area (Å²) >= 11 is 5.98. The van der Waals surface area contributed by atoms with E-state index in [1.54, 1.807) is 12.1 Å². The van der Waals surface area contributed by atoms with Gasteiger partial charge in [0.1, 0.15) is 0 Å². The third-order valence-electron chi connectivity index (χ3n) is 5.01. The minimum Gasteiger partial charge on any atom is -0.481 e. The van der Waals surface area contributed by atoms with Gasteiger partial charge in [-0.25, -0.2) is 0 Å². The van der Waals surface area contributed by atoms with E-state index >= 15 is 0 Å². The van der Waals surface area contributed by atoms with Gasteiger partial charge >= 0.3 is 5.97 Å². The monoisotopic (exact) mass is 352 g/mol. The second-order valence-corrected chi connectivity index (χ2v) is 7.07. The third kappa shape index (κ3) is 3.27. The highest BCUT2D eigenvalue weighted by molar-refractivity contribution is 6.31. The van der Waals surface area contributed by atoms with Crippen molar-refractivity contribution in [3.8, 4) is 0 Å². The van der Waals surface area contributed by atoms with Gasteiger partial charge in [0, 0.05) is 36.3 Å². The van der Waals surface area contributed by atoms with E-state index in [2.05, 4.69) is 5.32 Å². The molecule has 1 amide bonds. The number of aryl methyl sites for hydroxylation is 1. The second kappa shape index (κ2) is 6.70. The number of nitrogens with zero attached hydrogens (tertiary/aromatic N) is 1. The molecule has 2 heterocycles. The van der Waals surface area contributed by atoms with Crippen LogP contribution >= 0.6 is 11.6 Å². The SMILES string of the molecule is Cc1cc(NC(=O)CN2C[C@@H]3COCC[C@]3(C(=O)O)C2)ccc1Cl. The lowest BCUT2D eigenvalue weighted by Gasteiger charge is -2.34. The van der Waals surface area contributed by atoms with Crippen LogP contribution in [-0.2, 0) is 14.3 Å². The minimum absolute atomic E-state index is 0.0608. The van der Waals surface area contributed by atoms with E-state index in [1.807, 2.05) is 17.9 Å². The van der Waals surface area contributed by atoms with E-state index in [0.717, 1.165) is 5.56 Å². The quantitative estimate of drug-likeness (QED) is 0.866. The molecule has 2 atom stereocenters. The van der Waals surface area contributed by atoms with Gasteiger partial charge in [-0.2, -0.15) is 0 Å². The van der Waals surface area contributed by atoms with Crippen molar-refractivity contribution in [3.63, 3.8) is 0 Å². The van der Waals surface area contributed by atoms with Gasteiger partial charge in [-0.3, -0.25) is 14.5 Å². The molecule has 6 nitrogen and oxygen atoms in total. The fourth-order valence-corrected chi connectivity index (χ4v) is 3.77. The van der Waals surface area contributed by atoms with Crippen molar-refractivity contribution in [2.24, 2.45) is 11.3 Å². The molecular weight excluding hydrogens is 332 g/mol. The van der Waals surface area contributed by atoms with Crippen molar-refractivity contribution in [2.45, 2.75) is 13.3 Å². The van der Waals surface area contributed by atoms with Crippen molar-refractivity contribution in [1.82, 2.24) is 4.90 Å². The first-order chi connectivity index (χ1) is 11.4. The number of rotatable bonds is 4. The predicted octanol–water partition coefficient (Wildman–Crippen LogP) is 2.01. The van der Waals surface area contributed by atoms with Crippen LogP contribution in [0.4, 0.5) is 5.69 Å². The van der Waals surface area contributed by atoms with E-state index in [-0.39, 0.29) is 18.4 Å². The first kappa shape index (κ1) is 17.2. The molecule has 2 saturated heterocycles. The maximum Gasteiger partial charge on any atom is 0.311 e. The molecule has 0 spiro atoms. The minimum atomic E-state index is -0.785. The molecule has 1 aromatic carbocycles. The first-order valence-electron chi connectivity index (χ1n) is 8.00. The summed E-state index contributed by atoms with van der Waals surface area (Å²) in [7, 11) is 0. The number of carbonyl (C=O) groups excluding carboxylic acids is 1. The van der Waals surface area contributed by atoms with Crippen LogP contribution in [0.15, 0.2) is 18.2 Å². The van der Waals surface area contributed by atoms with Gasteiger partial charge in [-0.1, -0.05) is 11.6 Å². The van der Waals surface area contributed by atoms with E-state index in [1.165, 1.54) is 0 Å². The third-order valence-corrected chi connectivity index (χ3v) is 5.44. The molecule has 7 heteroatoms. The smallest absolute Gasteiger partial charge is 0.311 e. The molecule has 0 bridgehead atoms. The van der Waals surface area contributed by atoms with Crippen molar-refractivity contribution >= 4 is 29.2 Å². The summed E-state index contributed by atoms with van der Waals surface area (Å²) < 4.78 is 5.43. The number of benzene rings is 1. The predicted molar refractivity (Wildman–Crippen MR) is 90.3 cm³/mol. The van der Waals surface area contributed by atoms with Gasteiger partial charge < -0.3 is 15.2 Å². The summed E-state index contributed by atoms with van der Waals surface area (Å²) in [4.78, 5) is 25.9. The highest BCUT2D eigenvalue weighted by Gasteiger charge is 2.53. The number of amides is 1. The van der Waals surface area contributed by atoms with Crippen LogP contribution in [0.25, 0.3) is 0 Å². The summed E-state index contributed by atoms with van der Waals surface area (Å²) in [6.07, 6.45) is 0.501. The van der Waals surface area contributed by atoms with Gasteiger partial charge in [0.05, 0.1) is 18.6 Å². The Balaban J connectivity index is 1.63. The lowest BCUT2D eigenvalue weighted by Crippen LogP contribution is -2.45. The molecule has 2 aliphatic rings. The van der Waals surface area contributed by atoms with Crippen molar-refractivity contribution in [2.75, 3.05) is 38.2 Å². The van der Waals surface area contributed by atoms with Gasteiger partial charge in [0.25, 0.3) is 0 Å². The Morgan fingerprint density at radius 2 is 2.29 bits per heavy atom. The Bertz CT molecular complexity index is 666. The number of hydrogen-bond donors (Lipinski definition) is 2. The van der Waals surface area contributed by atoms with Gasteiger partial charge in [0.2, 0.25) is 5.91 Å². The summed E-state index contributed by atoms with van der Waals surface area (Å²) in [5, 5.41) is 13.1. The Morgan fingerprint density at radius 1 is 1.50 bits per heavy atom. The number of likely N-dealkylation sites (tertiary alicyclic amines) is 1. The molecule has 130 valence electrons. The molecule has 3 rings (SSSR count). The van der Waals surface area contributed by atoms with Crippen LogP contribution in [0.3, 0.4) is 0 Å². The zero-order valence-electron chi connectivity index (χ0n) is 13.5.